The summed E-state index contributed by atoms with van der Waals surface area (Å²) in [6.45, 7) is 3.47. The summed E-state index contributed by atoms with van der Waals surface area (Å²) in [7, 11) is 0. The van der Waals surface area contributed by atoms with E-state index in [2.05, 4.69) is 10.3 Å². The van der Waals surface area contributed by atoms with Crippen LogP contribution in [0.2, 0.25) is 0 Å². The second kappa shape index (κ2) is 5.88. The standard InChI is InChI=1S/C15H18N4O/c20-15(18-9-1-6-16-7-10-18)13-2-4-14(5-3-13)19-11-8-17-12-19/h2-5,8,11-12,16H,1,6-7,9-10H2. The average molecular weight is 270 g/mol. The maximum Gasteiger partial charge on any atom is 0.253 e. The number of hydrogen-bond acceptors (Lipinski definition) is 3. The molecule has 0 saturated carbocycles. The summed E-state index contributed by atoms with van der Waals surface area (Å²) < 4.78 is 1.92. The Morgan fingerprint density at radius 2 is 2.00 bits per heavy atom. The van der Waals surface area contributed by atoms with Crippen LogP contribution >= 0.6 is 0 Å². The Balaban J connectivity index is 1.75. The number of nitrogens with zero attached hydrogens (tertiary/aromatic N) is 3. The Hall–Kier alpha value is -2.14. The molecule has 0 atom stereocenters. The minimum atomic E-state index is 0.117. The predicted octanol–water partition coefficient (Wildman–Crippen LogP) is 1.31. The molecule has 3 rings (SSSR count). The fourth-order valence-electron chi connectivity index (χ4n) is 2.42. The molecule has 20 heavy (non-hydrogen) atoms. The van der Waals surface area contributed by atoms with Gasteiger partial charge in [-0.3, -0.25) is 4.79 Å². The summed E-state index contributed by atoms with van der Waals surface area (Å²) in [5.74, 6) is 0.117. The lowest BCUT2D eigenvalue weighted by Crippen LogP contribution is -2.34. The number of benzene rings is 1. The number of amides is 1. The zero-order valence-corrected chi connectivity index (χ0v) is 11.3. The van der Waals surface area contributed by atoms with E-state index in [-0.39, 0.29) is 5.91 Å². The lowest BCUT2D eigenvalue weighted by Gasteiger charge is -2.20. The Bertz CT molecular complexity index is 554. The summed E-state index contributed by atoms with van der Waals surface area (Å²) in [6.07, 6.45) is 6.39. The maximum atomic E-state index is 12.4. The summed E-state index contributed by atoms with van der Waals surface area (Å²) >= 11 is 0. The zero-order valence-electron chi connectivity index (χ0n) is 11.3. The van der Waals surface area contributed by atoms with Crippen LogP contribution in [0, 0.1) is 0 Å². The fraction of sp³-hybridized carbons (Fsp3) is 0.333. The van der Waals surface area contributed by atoms with Gasteiger partial charge in [0.25, 0.3) is 5.91 Å². The molecular weight excluding hydrogens is 252 g/mol. The predicted molar refractivity (Wildman–Crippen MR) is 77.0 cm³/mol. The molecule has 2 heterocycles. The number of carbonyl (C=O) groups excluding carboxylic acids is 1. The van der Waals surface area contributed by atoms with Gasteiger partial charge in [0, 0.05) is 43.3 Å². The third kappa shape index (κ3) is 2.72. The van der Waals surface area contributed by atoms with E-state index < -0.39 is 0 Å². The topological polar surface area (TPSA) is 50.2 Å². The van der Waals surface area contributed by atoms with Gasteiger partial charge in [-0.2, -0.15) is 0 Å². The van der Waals surface area contributed by atoms with Crippen LogP contribution in [0.5, 0.6) is 0 Å². The minimum Gasteiger partial charge on any atom is -0.337 e. The van der Waals surface area contributed by atoms with Gasteiger partial charge in [-0.15, -0.1) is 0 Å². The summed E-state index contributed by atoms with van der Waals surface area (Å²) in [5, 5.41) is 3.31. The Labute approximate surface area is 118 Å². The van der Waals surface area contributed by atoms with Crippen molar-refractivity contribution in [2.45, 2.75) is 6.42 Å². The van der Waals surface area contributed by atoms with E-state index in [0.717, 1.165) is 43.9 Å². The van der Waals surface area contributed by atoms with Crippen molar-refractivity contribution in [3.8, 4) is 5.69 Å². The second-order valence-corrected chi connectivity index (χ2v) is 4.91. The Kier molecular flexibility index (Phi) is 3.78. The van der Waals surface area contributed by atoms with Crippen LogP contribution in [0.3, 0.4) is 0 Å². The highest BCUT2D eigenvalue weighted by atomic mass is 16.2. The lowest BCUT2D eigenvalue weighted by molar-refractivity contribution is 0.0766. The number of rotatable bonds is 2. The number of carbonyl (C=O) groups is 1. The molecule has 1 fully saturated rings. The highest BCUT2D eigenvalue weighted by molar-refractivity contribution is 5.94. The van der Waals surface area contributed by atoms with Crippen LogP contribution in [0.1, 0.15) is 16.8 Å². The van der Waals surface area contributed by atoms with Crippen LogP contribution in [0.25, 0.3) is 5.69 Å². The lowest BCUT2D eigenvalue weighted by atomic mass is 10.1. The van der Waals surface area contributed by atoms with Gasteiger partial charge in [-0.1, -0.05) is 0 Å². The highest BCUT2D eigenvalue weighted by Crippen LogP contribution is 2.12. The highest BCUT2D eigenvalue weighted by Gasteiger charge is 2.16. The SMILES string of the molecule is O=C(c1ccc(-n2ccnc2)cc1)N1CCCNCC1. The van der Waals surface area contributed by atoms with E-state index >= 15 is 0 Å². The summed E-state index contributed by atoms with van der Waals surface area (Å²) in [5.41, 5.74) is 1.76. The third-order valence-corrected chi connectivity index (χ3v) is 3.54. The molecule has 1 amide bonds. The van der Waals surface area contributed by atoms with Gasteiger partial charge in [-0.05, 0) is 37.2 Å². The van der Waals surface area contributed by atoms with Gasteiger partial charge in [0.15, 0.2) is 0 Å². The first-order chi connectivity index (χ1) is 9.84. The Morgan fingerprint density at radius 1 is 1.15 bits per heavy atom. The van der Waals surface area contributed by atoms with E-state index in [0.29, 0.717) is 0 Å². The molecular formula is C15H18N4O. The van der Waals surface area contributed by atoms with Crippen molar-refractivity contribution in [1.29, 1.82) is 0 Å². The number of hydrogen-bond donors (Lipinski definition) is 1. The molecule has 5 nitrogen and oxygen atoms in total. The van der Waals surface area contributed by atoms with E-state index in [1.165, 1.54) is 0 Å². The van der Waals surface area contributed by atoms with E-state index in [9.17, 15) is 4.79 Å². The molecule has 0 unspecified atom stereocenters. The van der Waals surface area contributed by atoms with E-state index in [4.69, 9.17) is 0 Å². The molecule has 1 aliphatic heterocycles. The molecule has 2 aromatic rings. The molecule has 1 saturated heterocycles. The molecule has 1 aromatic heterocycles. The molecule has 0 aliphatic carbocycles. The van der Waals surface area contributed by atoms with Crippen LogP contribution in [-0.2, 0) is 0 Å². The van der Waals surface area contributed by atoms with Crippen molar-refractivity contribution in [3.63, 3.8) is 0 Å². The summed E-state index contributed by atoms with van der Waals surface area (Å²) in [6, 6.07) is 7.67. The van der Waals surface area contributed by atoms with E-state index in [1.807, 2.05) is 39.9 Å². The summed E-state index contributed by atoms with van der Waals surface area (Å²) in [4.78, 5) is 18.4. The van der Waals surface area contributed by atoms with Crippen molar-refractivity contribution < 1.29 is 4.79 Å². The number of nitrogens with one attached hydrogen (secondary N) is 1. The minimum absolute atomic E-state index is 0.117. The van der Waals surface area contributed by atoms with Gasteiger partial charge in [0.2, 0.25) is 0 Å². The first-order valence-corrected chi connectivity index (χ1v) is 6.93. The molecule has 0 spiro atoms. The van der Waals surface area contributed by atoms with Crippen LogP contribution in [0.15, 0.2) is 43.0 Å². The third-order valence-electron chi connectivity index (χ3n) is 3.54. The van der Waals surface area contributed by atoms with Crippen LogP contribution in [0.4, 0.5) is 0 Å². The molecule has 1 aromatic carbocycles. The van der Waals surface area contributed by atoms with Gasteiger partial charge >= 0.3 is 0 Å². The van der Waals surface area contributed by atoms with Crippen LogP contribution in [-0.4, -0.2) is 46.5 Å². The van der Waals surface area contributed by atoms with Gasteiger partial charge < -0.3 is 14.8 Å². The van der Waals surface area contributed by atoms with E-state index in [1.54, 1.807) is 12.5 Å². The first kappa shape index (κ1) is 12.9. The molecule has 0 radical (unpaired) electrons. The molecule has 104 valence electrons. The smallest absolute Gasteiger partial charge is 0.253 e. The van der Waals surface area contributed by atoms with Gasteiger partial charge in [0.1, 0.15) is 0 Å². The fourth-order valence-corrected chi connectivity index (χ4v) is 2.42. The molecule has 0 bridgehead atoms. The van der Waals surface area contributed by atoms with Crippen molar-refractivity contribution >= 4 is 5.91 Å². The van der Waals surface area contributed by atoms with Crippen molar-refractivity contribution in [2.75, 3.05) is 26.2 Å². The molecule has 5 heteroatoms. The van der Waals surface area contributed by atoms with Crippen molar-refractivity contribution in [3.05, 3.63) is 48.5 Å². The number of imidazole rings is 1. The zero-order chi connectivity index (χ0) is 13.8. The second-order valence-electron chi connectivity index (χ2n) is 4.91. The first-order valence-electron chi connectivity index (χ1n) is 6.93. The largest absolute Gasteiger partial charge is 0.337 e. The molecule has 1 aliphatic rings. The Morgan fingerprint density at radius 3 is 2.75 bits per heavy atom. The van der Waals surface area contributed by atoms with Crippen molar-refractivity contribution in [2.24, 2.45) is 0 Å². The van der Waals surface area contributed by atoms with Crippen molar-refractivity contribution in [1.82, 2.24) is 19.8 Å². The van der Waals surface area contributed by atoms with Gasteiger partial charge in [-0.25, -0.2) is 4.98 Å². The normalized spacial score (nSPS) is 15.9. The average Bonchev–Trinajstić information content (AvgIpc) is 2.89. The van der Waals surface area contributed by atoms with Crippen LogP contribution < -0.4 is 5.32 Å². The maximum absolute atomic E-state index is 12.4. The monoisotopic (exact) mass is 270 g/mol. The van der Waals surface area contributed by atoms with Gasteiger partial charge in [0.05, 0.1) is 6.33 Å². The number of aromatic nitrogens is 2. The quantitative estimate of drug-likeness (QED) is 0.895. The molecule has 1 N–H and O–H groups in total.